The van der Waals surface area contributed by atoms with E-state index in [1.807, 2.05) is 0 Å². The van der Waals surface area contributed by atoms with Crippen LogP contribution in [0.2, 0.25) is 0 Å². The van der Waals surface area contributed by atoms with Crippen LogP contribution in [0.15, 0.2) is 18.3 Å². The Bertz CT molecular complexity index is 757. The molecule has 0 bridgehead atoms. The van der Waals surface area contributed by atoms with Crippen LogP contribution in [0.25, 0.3) is 0 Å². The minimum Gasteiger partial charge on any atom is -0.300 e. The summed E-state index contributed by atoms with van der Waals surface area (Å²) in [5, 5.41) is 0. The van der Waals surface area contributed by atoms with E-state index in [2.05, 4.69) is 9.88 Å². The summed E-state index contributed by atoms with van der Waals surface area (Å²) >= 11 is 0. The largest absolute Gasteiger partial charge is 0.433 e. The molecule has 1 spiro atoms. The Kier molecular flexibility index (Phi) is 4.34. The van der Waals surface area contributed by atoms with E-state index in [1.165, 1.54) is 6.20 Å². The van der Waals surface area contributed by atoms with E-state index in [0.717, 1.165) is 56.8 Å². The molecule has 4 rings (SSSR count). The number of pyridine rings is 1. The van der Waals surface area contributed by atoms with Crippen LogP contribution in [-0.2, 0) is 16.0 Å². The Morgan fingerprint density at radius 2 is 1.81 bits per heavy atom. The molecule has 0 N–H and O–H groups in total. The molecule has 1 saturated carbocycles. The number of rotatable bonds is 2. The van der Waals surface area contributed by atoms with Gasteiger partial charge in [0, 0.05) is 24.2 Å². The molecule has 8 heteroatoms. The zero-order valence-corrected chi connectivity index (χ0v) is 15.3. The second kappa shape index (κ2) is 6.19. The van der Waals surface area contributed by atoms with Crippen LogP contribution in [0.3, 0.4) is 0 Å². The highest BCUT2D eigenvalue weighted by Crippen LogP contribution is 2.44. The number of halogens is 3. The smallest absolute Gasteiger partial charge is 0.300 e. The molecule has 144 valence electrons. The molecular weight excluding hydrogens is 365 g/mol. The zero-order valence-electron chi connectivity index (χ0n) is 14.5. The van der Waals surface area contributed by atoms with Crippen molar-refractivity contribution in [2.24, 2.45) is 5.41 Å². The van der Waals surface area contributed by atoms with Crippen LogP contribution in [0, 0.1) is 5.41 Å². The molecule has 26 heavy (non-hydrogen) atoms. The summed E-state index contributed by atoms with van der Waals surface area (Å²) in [5.74, 6) is 0.938. The Hall–Kier alpha value is -1.15. The Balaban J connectivity index is 1.32. The zero-order chi connectivity index (χ0) is 18.6. The third-order valence-electron chi connectivity index (χ3n) is 6.28. The predicted octanol–water partition coefficient (Wildman–Crippen LogP) is 3.25. The number of hydrogen-bond donors (Lipinski definition) is 0. The second-order valence-corrected chi connectivity index (χ2v) is 10.3. The van der Waals surface area contributed by atoms with Crippen LogP contribution in [-0.4, -0.2) is 48.9 Å². The molecule has 3 aliphatic rings. The Morgan fingerprint density at radius 3 is 2.35 bits per heavy atom. The highest BCUT2D eigenvalue weighted by Gasteiger charge is 2.52. The molecule has 3 heterocycles. The summed E-state index contributed by atoms with van der Waals surface area (Å²) in [7, 11) is -2.80. The lowest BCUT2D eigenvalue weighted by Gasteiger charge is -2.40. The minimum absolute atomic E-state index is 0.00692. The Labute approximate surface area is 151 Å². The van der Waals surface area contributed by atoms with Gasteiger partial charge < -0.3 is 0 Å². The summed E-state index contributed by atoms with van der Waals surface area (Å²) in [5.41, 5.74) is 0.0414. The fraction of sp³-hybridized carbons (Fsp3) is 0.722. The molecular formula is C18H23F3N2O2S. The minimum atomic E-state index is -4.39. The molecule has 0 amide bonds. The summed E-state index contributed by atoms with van der Waals surface area (Å²) in [4.78, 5) is 6.02. The fourth-order valence-electron chi connectivity index (χ4n) is 5.00. The first-order valence-corrected chi connectivity index (χ1v) is 11.0. The van der Waals surface area contributed by atoms with Crippen molar-refractivity contribution in [1.82, 2.24) is 9.88 Å². The topological polar surface area (TPSA) is 50.3 Å². The van der Waals surface area contributed by atoms with Crippen molar-refractivity contribution in [3.8, 4) is 0 Å². The van der Waals surface area contributed by atoms with Crippen LogP contribution in [0.5, 0.6) is 0 Å². The second-order valence-electron chi connectivity index (χ2n) is 8.23. The van der Waals surface area contributed by atoms with Gasteiger partial charge in [-0.25, -0.2) is 8.42 Å². The highest BCUT2D eigenvalue weighted by molar-refractivity contribution is 7.92. The number of sulfone groups is 1. The van der Waals surface area contributed by atoms with Crippen molar-refractivity contribution in [2.75, 3.05) is 24.6 Å². The summed E-state index contributed by atoms with van der Waals surface area (Å²) in [6.45, 7) is 1.84. The van der Waals surface area contributed by atoms with Crippen molar-refractivity contribution in [1.29, 1.82) is 0 Å². The molecule has 0 atom stereocenters. The highest BCUT2D eigenvalue weighted by atomic mass is 32.2. The van der Waals surface area contributed by atoms with Gasteiger partial charge >= 0.3 is 6.18 Å². The van der Waals surface area contributed by atoms with Gasteiger partial charge in [0.15, 0.2) is 9.84 Å². The molecule has 4 nitrogen and oxygen atoms in total. The fourth-order valence-corrected chi connectivity index (χ4v) is 7.25. The third-order valence-corrected chi connectivity index (χ3v) is 8.39. The SMILES string of the molecule is O=S1(=O)CC2(CCN([C@H]3CC[C@H](c4ccc(C(F)(F)F)nc4)CC3)C2)C1. The van der Waals surface area contributed by atoms with Gasteiger partial charge in [0.05, 0.1) is 11.5 Å². The van der Waals surface area contributed by atoms with E-state index in [-0.39, 0.29) is 11.3 Å². The number of nitrogens with zero attached hydrogens (tertiary/aromatic N) is 2. The molecule has 0 unspecified atom stereocenters. The summed E-state index contributed by atoms with van der Waals surface area (Å²) in [6.07, 6.45) is 1.85. The maximum absolute atomic E-state index is 12.6. The molecule has 0 radical (unpaired) electrons. The van der Waals surface area contributed by atoms with E-state index < -0.39 is 21.7 Å². The standard InChI is InChI=1S/C18H23F3N2O2S/c19-18(20,21)16-6-3-14(9-22-16)13-1-4-15(5-2-13)23-8-7-17(10-23)11-26(24,25)12-17/h3,6,9,13,15H,1-2,4-5,7-8,10-12H2/t13-,15-. The normalized spacial score (nSPS) is 31.0. The summed E-state index contributed by atoms with van der Waals surface area (Å²) in [6, 6.07) is 3.10. The predicted molar refractivity (Wildman–Crippen MR) is 91.5 cm³/mol. The molecule has 2 aliphatic heterocycles. The number of hydrogen-bond acceptors (Lipinski definition) is 4. The molecule has 1 aromatic rings. The van der Waals surface area contributed by atoms with Gasteiger partial charge in [0.25, 0.3) is 0 Å². The maximum Gasteiger partial charge on any atom is 0.433 e. The first kappa shape index (κ1) is 18.2. The van der Waals surface area contributed by atoms with Gasteiger partial charge in [-0.05, 0) is 56.2 Å². The Morgan fingerprint density at radius 1 is 1.12 bits per heavy atom. The lowest BCUT2D eigenvalue weighted by Crippen LogP contribution is -2.51. The van der Waals surface area contributed by atoms with Crippen molar-refractivity contribution in [3.63, 3.8) is 0 Å². The van der Waals surface area contributed by atoms with E-state index in [4.69, 9.17) is 0 Å². The van der Waals surface area contributed by atoms with Crippen LogP contribution in [0.4, 0.5) is 13.2 Å². The quantitative estimate of drug-likeness (QED) is 0.781. The lowest BCUT2D eigenvalue weighted by atomic mass is 9.81. The number of likely N-dealkylation sites (tertiary alicyclic amines) is 1. The average molecular weight is 388 g/mol. The van der Waals surface area contributed by atoms with Gasteiger partial charge in [-0.15, -0.1) is 0 Å². The van der Waals surface area contributed by atoms with E-state index in [0.29, 0.717) is 17.5 Å². The number of aromatic nitrogens is 1. The van der Waals surface area contributed by atoms with Crippen LogP contribution >= 0.6 is 0 Å². The van der Waals surface area contributed by atoms with Crippen LogP contribution < -0.4 is 0 Å². The molecule has 2 saturated heterocycles. The molecule has 1 aromatic heterocycles. The van der Waals surface area contributed by atoms with Gasteiger partial charge in [0.2, 0.25) is 0 Å². The van der Waals surface area contributed by atoms with Crippen molar-refractivity contribution < 1.29 is 21.6 Å². The van der Waals surface area contributed by atoms with E-state index >= 15 is 0 Å². The third kappa shape index (κ3) is 3.50. The summed E-state index contributed by atoms with van der Waals surface area (Å²) < 4.78 is 60.9. The molecule has 3 fully saturated rings. The van der Waals surface area contributed by atoms with Gasteiger partial charge in [0.1, 0.15) is 5.69 Å². The van der Waals surface area contributed by atoms with E-state index in [9.17, 15) is 21.6 Å². The van der Waals surface area contributed by atoms with Gasteiger partial charge in [-0.3, -0.25) is 9.88 Å². The van der Waals surface area contributed by atoms with Gasteiger partial charge in [-0.1, -0.05) is 6.07 Å². The molecule has 1 aliphatic carbocycles. The number of alkyl halides is 3. The van der Waals surface area contributed by atoms with Crippen LogP contribution in [0.1, 0.15) is 49.3 Å². The van der Waals surface area contributed by atoms with Crippen molar-refractivity contribution in [3.05, 3.63) is 29.6 Å². The van der Waals surface area contributed by atoms with Gasteiger partial charge in [-0.2, -0.15) is 13.2 Å². The molecule has 0 aromatic carbocycles. The monoisotopic (exact) mass is 388 g/mol. The van der Waals surface area contributed by atoms with Crippen molar-refractivity contribution in [2.45, 2.75) is 50.2 Å². The van der Waals surface area contributed by atoms with Crippen molar-refractivity contribution >= 4 is 9.84 Å². The van der Waals surface area contributed by atoms with E-state index in [1.54, 1.807) is 6.07 Å². The average Bonchev–Trinajstić information content (AvgIpc) is 2.98. The lowest BCUT2D eigenvalue weighted by molar-refractivity contribution is -0.141. The maximum atomic E-state index is 12.6. The first-order chi connectivity index (χ1) is 12.2. The first-order valence-electron chi connectivity index (χ1n) is 9.14.